The van der Waals surface area contributed by atoms with Crippen molar-refractivity contribution in [2.75, 3.05) is 31.1 Å². The van der Waals surface area contributed by atoms with E-state index in [0.29, 0.717) is 31.5 Å². The molecule has 0 spiro atoms. The number of nitrogens with zero attached hydrogens (tertiary/aromatic N) is 8. The zero-order chi connectivity index (χ0) is 24.4. The van der Waals surface area contributed by atoms with Gasteiger partial charge in [-0.25, -0.2) is 9.50 Å². The predicted molar refractivity (Wildman–Crippen MR) is 132 cm³/mol. The molecule has 1 fully saturated rings. The summed E-state index contributed by atoms with van der Waals surface area (Å²) in [6.45, 7) is 2.75. The van der Waals surface area contributed by atoms with Crippen molar-refractivity contribution in [2.45, 2.75) is 12.8 Å². The SMILES string of the molecule is C#CCCC(=O)N1CCN(c2ccc(-c3cc(-c4cnn(C)c4)cn4ncc(C#N)c34)cn2)CC1. The number of terminal acetylenes is 1. The second-order valence-electron chi connectivity index (χ2n) is 8.49. The largest absolute Gasteiger partial charge is 0.353 e. The molecule has 0 bridgehead atoms. The lowest BCUT2D eigenvalue weighted by molar-refractivity contribution is -0.131. The topological polar surface area (TPSA) is 95.4 Å². The summed E-state index contributed by atoms with van der Waals surface area (Å²) in [5, 5.41) is 18.3. The van der Waals surface area contributed by atoms with Crippen molar-refractivity contribution in [1.82, 2.24) is 29.3 Å². The lowest BCUT2D eigenvalue weighted by atomic mass is 10.0. The summed E-state index contributed by atoms with van der Waals surface area (Å²) < 4.78 is 3.49. The Morgan fingerprint density at radius 1 is 1.06 bits per heavy atom. The van der Waals surface area contributed by atoms with Gasteiger partial charge in [-0.1, -0.05) is 0 Å². The zero-order valence-electron chi connectivity index (χ0n) is 19.4. The number of hydrogen-bond acceptors (Lipinski definition) is 6. The van der Waals surface area contributed by atoms with Gasteiger partial charge in [-0.3, -0.25) is 9.48 Å². The Kier molecular flexibility index (Phi) is 5.90. The average Bonchev–Trinajstić information content (AvgIpc) is 3.53. The highest BCUT2D eigenvalue weighted by atomic mass is 16.2. The summed E-state index contributed by atoms with van der Waals surface area (Å²) in [5.74, 6) is 3.49. The van der Waals surface area contributed by atoms with Crippen molar-refractivity contribution < 1.29 is 4.79 Å². The van der Waals surface area contributed by atoms with Crippen molar-refractivity contribution in [1.29, 1.82) is 5.26 Å². The van der Waals surface area contributed by atoms with E-state index < -0.39 is 0 Å². The molecule has 1 saturated heterocycles. The highest BCUT2D eigenvalue weighted by Gasteiger charge is 2.22. The Bertz CT molecular complexity index is 1460. The van der Waals surface area contributed by atoms with E-state index in [1.807, 2.05) is 48.7 Å². The first kappa shape index (κ1) is 22.2. The molecule has 9 nitrogen and oxygen atoms in total. The third-order valence-corrected chi connectivity index (χ3v) is 6.27. The normalized spacial score (nSPS) is 13.6. The molecular weight excluding hydrogens is 440 g/mol. The second-order valence-corrected chi connectivity index (χ2v) is 8.49. The van der Waals surface area contributed by atoms with E-state index in [-0.39, 0.29) is 5.91 Å². The smallest absolute Gasteiger partial charge is 0.223 e. The van der Waals surface area contributed by atoms with Gasteiger partial charge < -0.3 is 9.80 Å². The number of carbonyl (C=O) groups is 1. The van der Waals surface area contributed by atoms with Gasteiger partial charge in [0.25, 0.3) is 0 Å². The molecule has 5 rings (SSSR count). The summed E-state index contributed by atoms with van der Waals surface area (Å²) in [6, 6.07) is 8.29. The van der Waals surface area contributed by atoms with Gasteiger partial charge in [-0.05, 0) is 18.2 Å². The minimum atomic E-state index is 0.109. The van der Waals surface area contributed by atoms with Crippen LogP contribution in [0.1, 0.15) is 18.4 Å². The first-order valence-electron chi connectivity index (χ1n) is 11.4. The van der Waals surface area contributed by atoms with Crippen molar-refractivity contribution in [2.24, 2.45) is 7.05 Å². The van der Waals surface area contributed by atoms with Crippen LogP contribution in [0.25, 0.3) is 27.8 Å². The summed E-state index contributed by atoms with van der Waals surface area (Å²) >= 11 is 0. The Labute approximate surface area is 203 Å². The average molecular weight is 465 g/mol. The molecule has 5 heterocycles. The minimum absolute atomic E-state index is 0.109. The molecule has 0 N–H and O–H groups in total. The van der Waals surface area contributed by atoms with E-state index in [1.165, 1.54) is 0 Å². The molecule has 35 heavy (non-hydrogen) atoms. The van der Waals surface area contributed by atoms with E-state index in [9.17, 15) is 10.1 Å². The number of fused-ring (bicyclic) bond motifs is 1. The number of rotatable bonds is 5. The maximum Gasteiger partial charge on any atom is 0.223 e. The number of pyridine rings is 2. The molecule has 4 aromatic rings. The van der Waals surface area contributed by atoms with Gasteiger partial charge in [-0.15, -0.1) is 12.3 Å². The molecule has 1 aliphatic rings. The predicted octanol–water partition coefficient (Wildman–Crippen LogP) is 2.73. The van der Waals surface area contributed by atoms with E-state index in [2.05, 4.69) is 27.1 Å². The Hall–Kier alpha value is -4.63. The number of anilines is 1. The van der Waals surface area contributed by atoms with Crippen LogP contribution in [0.15, 0.2) is 49.2 Å². The van der Waals surface area contributed by atoms with Crippen molar-refractivity contribution in [3.63, 3.8) is 0 Å². The third kappa shape index (κ3) is 4.32. The summed E-state index contributed by atoms with van der Waals surface area (Å²) in [5.41, 5.74) is 4.93. The maximum absolute atomic E-state index is 12.2. The molecule has 0 aliphatic carbocycles. The van der Waals surface area contributed by atoms with Gasteiger partial charge in [0.2, 0.25) is 5.91 Å². The van der Waals surface area contributed by atoms with Gasteiger partial charge in [0.1, 0.15) is 11.9 Å². The highest BCUT2D eigenvalue weighted by molar-refractivity contribution is 5.87. The number of amides is 1. The fourth-order valence-electron chi connectivity index (χ4n) is 4.41. The van der Waals surface area contributed by atoms with Crippen molar-refractivity contribution in [3.8, 4) is 40.7 Å². The number of hydrogen-bond donors (Lipinski definition) is 0. The van der Waals surface area contributed by atoms with Crippen molar-refractivity contribution in [3.05, 3.63) is 54.7 Å². The van der Waals surface area contributed by atoms with Crippen LogP contribution in [0, 0.1) is 23.7 Å². The molecule has 174 valence electrons. The zero-order valence-corrected chi connectivity index (χ0v) is 19.4. The van der Waals surface area contributed by atoms with E-state index in [0.717, 1.165) is 46.7 Å². The van der Waals surface area contributed by atoms with E-state index in [1.54, 1.807) is 21.6 Å². The monoisotopic (exact) mass is 464 g/mol. The maximum atomic E-state index is 12.2. The van der Waals surface area contributed by atoms with Crippen LogP contribution in [0.4, 0.5) is 5.82 Å². The van der Waals surface area contributed by atoms with Crippen LogP contribution in [0.2, 0.25) is 0 Å². The van der Waals surface area contributed by atoms with Gasteiger partial charge in [0, 0.05) is 86.9 Å². The molecule has 1 amide bonds. The second kappa shape index (κ2) is 9.32. The number of carbonyl (C=O) groups excluding carboxylic acids is 1. The molecule has 1 aliphatic heterocycles. The summed E-state index contributed by atoms with van der Waals surface area (Å²) in [7, 11) is 1.88. The van der Waals surface area contributed by atoms with Crippen LogP contribution in [-0.4, -0.2) is 61.4 Å². The molecule has 0 unspecified atom stereocenters. The first-order chi connectivity index (χ1) is 17.1. The number of piperazine rings is 1. The van der Waals surface area contributed by atoms with E-state index >= 15 is 0 Å². The molecule has 0 atom stereocenters. The first-order valence-corrected chi connectivity index (χ1v) is 11.4. The molecule has 9 heteroatoms. The number of nitriles is 1. The van der Waals surface area contributed by atoms with Gasteiger partial charge in [0.15, 0.2) is 0 Å². The fraction of sp³-hybridized carbons (Fsp3) is 0.269. The van der Waals surface area contributed by atoms with Crippen LogP contribution < -0.4 is 4.90 Å². The number of aryl methyl sites for hydroxylation is 1. The van der Waals surface area contributed by atoms with Crippen LogP contribution >= 0.6 is 0 Å². The van der Waals surface area contributed by atoms with Crippen LogP contribution in [-0.2, 0) is 11.8 Å². The summed E-state index contributed by atoms with van der Waals surface area (Å²) in [6.07, 6.45) is 15.2. The van der Waals surface area contributed by atoms with Gasteiger partial charge in [0.05, 0.1) is 23.5 Å². The molecular formula is C26H24N8O. The minimum Gasteiger partial charge on any atom is -0.353 e. The van der Waals surface area contributed by atoms with Gasteiger partial charge in [-0.2, -0.15) is 15.5 Å². The van der Waals surface area contributed by atoms with Crippen LogP contribution in [0.5, 0.6) is 0 Å². The fourth-order valence-corrected chi connectivity index (χ4v) is 4.41. The Balaban J connectivity index is 1.41. The van der Waals surface area contributed by atoms with Crippen molar-refractivity contribution >= 4 is 17.2 Å². The molecule has 4 aromatic heterocycles. The third-order valence-electron chi connectivity index (χ3n) is 6.27. The van der Waals surface area contributed by atoms with E-state index in [4.69, 9.17) is 11.4 Å². The summed E-state index contributed by atoms with van der Waals surface area (Å²) in [4.78, 5) is 21.0. The highest BCUT2D eigenvalue weighted by Crippen LogP contribution is 2.32. The lowest BCUT2D eigenvalue weighted by Gasteiger charge is -2.35. The van der Waals surface area contributed by atoms with Crippen LogP contribution in [0.3, 0.4) is 0 Å². The quantitative estimate of drug-likeness (QED) is 0.422. The molecule has 0 radical (unpaired) electrons. The lowest BCUT2D eigenvalue weighted by Crippen LogP contribution is -2.49. The standard InChI is InChI=1S/C26H24N8O/c1-3-4-5-25(35)33-10-8-32(9-11-33)24-7-6-19(14-28-24)23-12-20(22-16-29-31(2)17-22)18-34-26(23)21(13-27)15-30-34/h1,6-7,12,14-18H,4-5,8-11H2,2H3. The molecule has 0 saturated carbocycles. The molecule has 0 aromatic carbocycles. The Morgan fingerprint density at radius 3 is 2.54 bits per heavy atom. The van der Waals surface area contributed by atoms with Gasteiger partial charge >= 0.3 is 0 Å². The Morgan fingerprint density at radius 2 is 1.89 bits per heavy atom. The number of aromatic nitrogens is 5.